The third-order valence-electron chi connectivity index (χ3n) is 3.45. The Morgan fingerprint density at radius 3 is 2.73 bits per heavy atom. The van der Waals surface area contributed by atoms with Gasteiger partial charge >= 0.3 is 6.18 Å². The van der Waals surface area contributed by atoms with Gasteiger partial charge in [0.05, 0.1) is 35.9 Å². The number of benzene rings is 1. The van der Waals surface area contributed by atoms with Gasteiger partial charge in [0.1, 0.15) is 5.76 Å². The largest absolute Gasteiger partial charge is 0.467 e. The smallest absolute Gasteiger partial charge is 0.417 e. The zero-order chi connectivity index (χ0) is 19.2. The standard InChI is InChI=1S/C18H14ClF3N2O2/c19-16-6-4-13(11-15(16)18(20,21)22)5-7-17(25)24(9-2-8-23)12-14-3-1-10-26-14/h1,3-7,10-11H,2,9,12H2. The summed E-state index contributed by atoms with van der Waals surface area (Å²) in [6, 6.07) is 8.69. The van der Waals surface area contributed by atoms with E-state index in [0.29, 0.717) is 5.76 Å². The lowest BCUT2D eigenvalue weighted by Crippen LogP contribution is -2.29. The molecule has 1 aromatic carbocycles. The van der Waals surface area contributed by atoms with Crippen molar-refractivity contribution in [1.29, 1.82) is 5.26 Å². The van der Waals surface area contributed by atoms with Crippen LogP contribution in [0.3, 0.4) is 0 Å². The molecule has 1 heterocycles. The fourth-order valence-corrected chi connectivity index (χ4v) is 2.40. The number of carbonyl (C=O) groups is 1. The van der Waals surface area contributed by atoms with Gasteiger partial charge in [-0.3, -0.25) is 4.79 Å². The highest BCUT2D eigenvalue weighted by atomic mass is 35.5. The average molecular weight is 383 g/mol. The number of nitriles is 1. The van der Waals surface area contributed by atoms with Crippen molar-refractivity contribution in [1.82, 2.24) is 4.90 Å². The van der Waals surface area contributed by atoms with Gasteiger partial charge in [-0.15, -0.1) is 0 Å². The molecule has 136 valence electrons. The Bertz CT molecular complexity index is 824. The van der Waals surface area contributed by atoms with Gasteiger partial charge in [0.2, 0.25) is 5.91 Å². The number of hydrogen-bond donors (Lipinski definition) is 0. The maximum absolute atomic E-state index is 12.9. The Morgan fingerprint density at radius 2 is 2.12 bits per heavy atom. The van der Waals surface area contributed by atoms with Gasteiger partial charge in [0, 0.05) is 12.6 Å². The fraction of sp³-hybridized carbons (Fsp3) is 0.222. The first-order valence-electron chi connectivity index (χ1n) is 7.54. The molecule has 8 heteroatoms. The van der Waals surface area contributed by atoms with Gasteiger partial charge in [0.15, 0.2) is 0 Å². The minimum Gasteiger partial charge on any atom is -0.467 e. The van der Waals surface area contributed by atoms with Crippen LogP contribution in [-0.4, -0.2) is 17.4 Å². The summed E-state index contributed by atoms with van der Waals surface area (Å²) in [5.41, 5.74) is -0.779. The summed E-state index contributed by atoms with van der Waals surface area (Å²) in [5, 5.41) is 8.31. The topological polar surface area (TPSA) is 57.2 Å². The highest BCUT2D eigenvalue weighted by Crippen LogP contribution is 2.35. The molecule has 4 nitrogen and oxygen atoms in total. The van der Waals surface area contributed by atoms with Gasteiger partial charge in [-0.25, -0.2) is 0 Å². The zero-order valence-electron chi connectivity index (χ0n) is 13.5. The first-order valence-corrected chi connectivity index (χ1v) is 7.92. The van der Waals surface area contributed by atoms with Crippen molar-refractivity contribution >= 4 is 23.6 Å². The molecular weight excluding hydrogens is 369 g/mol. The Labute approximate surface area is 153 Å². The monoisotopic (exact) mass is 382 g/mol. The van der Waals surface area contributed by atoms with E-state index in [1.165, 1.54) is 23.3 Å². The molecule has 0 aliphatic rings. The molecule has 2 rings (SSSR count). The van der Waals surface area contributed by atoms with Crippen molar-refractivity contribution in [3.63, 3.8) is 0 Å². The lowest BCUT2D eigenvalue weighted by molar-refractivity contribution is -0.137. The number of nitrogens with zero attached hydrogens (tertiary/aromatic N) is 2. The summed E-state index contributed by atoms with van der Waals surface area (Å²) < 4.78 is 43.8. The normalized spacial score (nSPS) is 11.5. The Kier molecular flexibility index (Phi) is 6.47. The zero-order valence-corrected chi connectivity index (χ0v) is 14.2. The van der Waals surface area contributed by atoms with Crippen LogP contribution in [0.4, 0.5) is 13.2 Å². The van der Waals surface area contributed by atoms with Crippen LogP contribution in [-0.2, 0) is 17.5 Å². The Hall–Kier alpha value is -2.72. The summed E-state index contributed by atoms with van der Waals surface area (Å²) in [5.74, 6) is 0.0932. The molecule has 0 N–H and O–H groups in total. The number of furan rings is 1. The molecule has 26 heavy (non-hydrogen) atoms. The van der Waals surface area contributed by atoms with Crippen LogP contribution < -0.4 is 0 Å². The van der Waals surface area contributed by atoms with Gasteiger partial charge in [-0.1, -0.05) is 17.7 Å². The first kappa shape index (κ1) is 19.6. The second kappa shape index (κ2) is 8.59. The molecule has 0 saturated carbocycles. The van der Waals surface area contributed by atoms with E-state index >= 15 is 0 Å². The van der Waals surface area contributed by atoms with Gasteiger partial charge in [0.25, 0.3) is 0 Å². The molecule has 0 radical (unpaired) electrons. The lowest BCUT2D eigenvalue weighted by atomic mass is 10.1. The highest BCUT2D eigenvalue weighted by molar-refractivity contribution is 6.31. The fourth-order valence-electron chi connectivity index (χ4n) is 2.18. The summed E-state index contributed by atoms with van der Waals surface area (Å²) in [6.45, 7) is 0.334. The Morgan fingerprint density at radius 1 is 1.35 bits per heavy atom. The van der Waals surface area contributed by atoms with E-state index < -0.39 is 22.7 Å². The number of halogens is 4. The van der Waals surface area contributed by atoms with Crippen molar-refractivity contribution in [3.05, 3.63) is 64.6 Å². The molecule has 2 aromatic rings. The lowest BCUT2D eigenvalue weighted by Gasteiger charge is -2.18. The average Bonchev–Trinajstić information content (AvgIpc) is 3.09. The first-order chi connectivity index (χ1) is 12.3. The number of rotatable bonds is 6. The van der Waals surface area contributed by atoms with E-state index in [0.717, 1.165) is 18.2 Å². The van der Waals surface area contributed by atoms with E-state index in [1.807, 2.05) is 6.07 Å². The molecular formula is C18H14ClF3N2O2. The molecule has 0 unspecified atom stereocenters. The van der Waals surface area contributed by atoms with Gasteiger partial charge in [-0.2, -0.15) is 18.4 Å². The SMILES string of the molecule is N#CCCN(Cc1ccco1)C(=O)C=Cc1ccc(Cl)c(C(F)(F)F)c1. The molecule has 0 saturated heterocycles. The highest BCUT2D eigenvalue weighted by Gasteiger charge is 2.33. The summed E-state index contributed by atoms with van der Waals surface area (Å²) in [7, 11) is 0. The molecule has 0 aliphatic heterocycles. The van der Waals surface area contributed by atoms with Crippen LogP contribution in [0.5, 0.6) is 0 Å². The molecule has 1 amide bonds. The third kappa shape index (κ3) is 5.39. The van der Waals surface area contributed by atoms with Crippen LogP contribution in [0.15, 0.2) is 47.1 Å². The number of carbonyl (C=O) groups excluding carboxylic acids is 1. The van der Waals surface area contributed by atoms with Crippen LogP contribution in [0, 0.1) is 11.3 Å². The molecule has 0 atom stereocenters. The second-order valence-electron chi connectivity index (χ2n) is 5.32. The molecule has 0 spiro atoms. The predicted molar refractivity (Wildman–Crippen MR) is 89.8 cm³/mol. The molecule has 0 fully saturated rings. The van der Waals surface area contributed by atoms with Crippen LogP contribution in [0.25, 0.3) is 6.08 Å². The van der Waals surface area contributed by atoms with Gasteiger partial charge < -0.3 is 9.32 Å². The van der Waals surface area contributed by atoms with Crippen molar-refractivity contribution in [2.75, 3.05) is 6.54 Å². The maximum atomic E-state index is 12.9. The van der Waals surface area contributed by atoms with E-state index in [2.05, 4.69) is 0 Å². The molecule has 0 aliphatic carbocycles. The Balaban J connectivity index is 2.16. The van der Waals surface area contributed by atoms with Crippen molar-refractivity contribution in [2.45, 2.75) is 19.1 Å². The number of amides is 1. The van der Waals surface area contributed by atoms with Crippen LogP contribution in [0.1, 0.15) is 23.3 Å². The number of hydrogen-bond acceptors (Lipinski definition) is 3. The summed E-state index contributed by atoms with van der Waals surface area (Å²) >= 11 is 5.57. The van der Waals surface area contributed by atoms with Crippen LogP contribution >= 0.6 is 11.6 Å². The van der Waals surface area contributed by atoms with Crippen molar-refractivity contribution in [3.8, 4) is 6.07 Å². The van der Waals surface area contributed by atoms with Gasteiger partial charge in [-0.05, 0) is 35.9 Å². The molecule has 1 aromatic heterocycles. The summed E-state index contributed by atoms with van der Waals surface area (Å²) in [6.07, 6.45) is -0.563. The second-order valence-corrected chi connectivity index (χ2v) is 5.72. The number of alkyl halides is 3. The molecule has 0 bridgehead atoms. The maximum Gasteiger partial charge on any atom is 0.417 e. The predicted octanol–water partition coefficient (Wildman–Crippen LogP) is 4.91. The third-order valence-corrected chi connectivity index (χ3v) is 3.78. The van der Waals surface area contributed by atoms with Crippen molar-refractivity contribution < 1.29 is 22.4 Å². The van der Waals surface area contributed by atoms with Crippen molar-refractivity contribution in [2.24, 2.45) is 0 Å². The van der Waals surface area contributed by atoms with E-state index in [9.17, 15) is 18.0 Å². The summed E-state index contributed by atoms with van der Waals surface area (Å²) in [4.78, 5) is 13.7. The van der Waals surface area contributed by atoms with E-state index in [-0.39, 0.29) is 25.1 Å². The van der Waals surface area contributed by atoms with E-state index in [4.69, 9.17) is 21.3 Å². The quantitative estimate of drug-likeness (QED) is 0.667. The minimum absolute atomic E-state index is 0.124. The van der Waals surface area contributed by atoms with Crippen LogP contribution in [0.2, 0.25) is 5.02 Å². The minimum atomic E-state index is -4.58. The van der Waals surface area contributed by atoms with E-state index in [1.54, 1.807) is 12.1 Å².